The molecule has 0 fully saturated rings. The molecule has 0 amide bonds. The molecule has 2 aromatic heterocycles. The molecular formula is C16H19N3O. The molecule has 0 spiro atoms. The molecule has 0 saturated heterocycles. The van der Waals surface area contributed by atoms with E-state index in [1.807, 2.05) is 41.9 Å². The van der Waals surface area contributed by atoms with E-state index in [1.165, 1.54) is 5.56 Å². The fourth-order valence-electron chi connectivity index (χ4n) is 2.43. The van der Waals surface area contributed by atoms with Gasteiger partial charge in [0.2, 0.25) is 0 Å². The van der Waals surface area contributed by atoms with E-state index >= 15 is 0 Å². The van der Waals surface area contributed by atoms with Crippen molar-refractivity contribution in [3.8, 4) is 0 Å². The fraction of sp³-hybridized carbons (Fsp3) is 0.312. The number of aryl methyl sites for hydroxylation is 1. The van der Waals surface area contributed by atoms with Crippen molar-refractivity contribution in [2.75, 3.05) is 0 Å². The van der Waals surface area contributed by atoms with E-state index in [-0.39, 0.29) is 6.04 Å². The van der Waals surface area contributed by atoms with Crippen LogP contribution in [0.4, 0.5) is 0 Å². The normalized spacial score (nSPS) is 13.0. The third-order valence-electron chi connectivity index (χ3n) is 3.92. The van der Waals surface area contributed by atoms with Gasteiger partial charge in [0.05, 0.1) is 18.3 Å². The summed E-state index contributed by atoms with van der Waals surface area (Å²) in [5.41, 5.74) is 10.6. The molecule has 0 radical (unpaired) electrons. The van der Waals surface area contributed by atoms with Crippen molar-refractivity contribution in [3.63, 3.8) is 0 Å². The van der Waals surface area contributed by atoms with Gasteiger partial charge >= 0.3 is 0 Å². The van der Waals surface area contributed by atoms with Gasteiger partial charge in [-0.05, 0) is 38.5 Å². The molecule has 0 aliphatic heterocycles. The molecule has 4 heteroatoms. The number of hydrogen-bond acceptors (Lipinski definition) is 3. The summed E-state index contributed by atoms with van der Waals surface area (Å²) in [5, 5.41) is 5.61. The Labute approximate surface area is 118 Å². The Kier molecular flexibility index (Phi) is 3.10. The van der Waals surface area contributed by atoms with Crippen LogP contribution in [0.25, 0.3) is 11.0 Å². The smallest absolute Gasteiger partial charge is 0.134 e. The highest BCUT2D eigenvalue weighted by Gasteiger charge is 2.15. The Bertz CT molecular complexity index is 721. The molecule has 2 heterocycles. The first-order valence-electron chi connectivity index (χ1n) is 6.81. The van der Waals surface area contributed by atoms with Crippen LogP contribution in [0.5, 0.6) is 0 Å². The molecule has 2 N–H and O–H groups in total. The molecule has 0 aliphatic rings. The summed E-state index contributed by atoms with van der Waals surface area (Å²) in [6, 6.07) is 9.77. The second-order valence-corrected chi connectivity index (χ2v) is 5.27. The lowest BCUT2D eigenvalue weighted by Crippen LogP contribution is -2.18. The number of rotatable bonds is 3. The highest BCUT2D eigenvalue weighted by molar-refractivity contribution is 5.77. The zero-order chi connectivity index (χ0) is 14.3. The van der Waals surface area contributed by atoms with Crippen LogP contribution in [0.2, 0.25) is 0 Å². The molecule has 104 valence electrons. The SMILES string of the molecule is Cc1nn(CC(N)c2cc3ccccc3o2)c(C)c1C. The summed E-state index contributed by atoms with van der Waals surface area (Å²) in [5.74, 6) is 0.802. The average Bonchev–Trinajstić information content (AvgIpc) is 2.97. The van der Waals surface area contributed by atoms with Crippen molar-refractivity contribution < 1.29 is 4.42 Å². The van der Waals surface area contributed by atoms with Crippen LogP contribution >= 0.6 is 0 Å². The minimum absolute atomic E-state index is 0.195. The molecule has 3 aromatic rings. The molecule has 0 saturated carbocycles. The van der Waals surface area contributed by atoms with Crippen molar-refractivity contribution in [3.05, 3.63) is 53.0 Å². The topological polar surface area (TPSA) is 57.0 Å². The van der Waals surface area contributed by atoms with E-state index in [4.69, 9.17) is 10.2 Å². The Hall–Kier alpha value is -2.07. The van der Waals surface area contributed by atoms with Crippen LogP contribution in [-0.4, -0.2) is 9.78 Å². The molecule has 1 atom stereocenters. The molecule has 0 bridgehead atoms. The molecule has 0 aliphatic carbocycles. The zero-order valence-corrected chi connectivity index (χ0v) is 12.1. The van der Waals surface area contributed by atoms with Gasteiger partial charge in [0.1, 0.15) is 11.3 Å². The first-order valence-corrected chi connectivity index (χ1v) is 6.81. The minimum atomic E-state index is -0.195. The number of hydrogen-bond donors (Lipinski definition) is 1. The van der Waals surface area contributed by atoms with Crippen LogP contribution in [0.3, 0.4) is 0 Å². The van der Waals surface area contributed by atoms with Crippen molar-refractivity contribution >= 4 is 11.0 Å². The van der Waals surface area contributed by atoms with Crippen LogP contribution < -0.4 is 5.73 Å². The van der Waals surface area contributed by atoms with Crippen LogP contribution in [0.1, 0.15) is 28.8 Å². The Morgan fingerprint density at radius 1 is 1.25 bits per heavy atom. The van der Waals surface area contributed by atoms with Crippen LogP contribution in [0.15, 0.2) is 34.7 Å². The summed E-state index contributed by atoms with van der Waals surface area (Å²) in [4.78, 5) is 0. The molecule has 1 aromatic carbocycles. The third-order valence-corrected chi connectivity index (χ3v) is 3.92. The number of nitrogens with two attached hydrogens (primary N) is 1. The van der Waals surface area contributed by atoms with Gasteiger partial charge in [-0.1, -0.05) is 18.2 Å². The van der Waals surface area contributed by atoms with E-state index < -0.39 is 0 Å². The summed E-state index contributed by atoms with van der Waals surface area (Å²) in [6.07, 6.45) is 0. The predicted molar refractivity (Wildman–Crippen MR) is 79.6 cm³/mol. The quantitative estimate of drug-likeness (QED) is 0.794. The van der Waals surface area contributed by atoms with Crippen LogP contribution in [0, 0.1) is 20.8 Å². The lowest BCUT2D eigenvalue weighted by molar-refractivity contribution is 0.433. The van der Waals surface area contributed by atoms with Gasteiger partial charge < -0.3 is 10.2 Å². The Morgan fingerprint density at radius 2 is 2.00 bits per heavy atom. The number of aromatic nitrogens is 2. The van der Waals surface area contributed by atoms with Gasteiger partial charge in [0, 0.05) is 11.1 Å². The van der Waals surface area contributed by atoms with Gasteiger partial charge in [-0.3, -0.25) is 4.68 Å². The second kappa shape index (κ2) is 4.80. The maximum Gasteiger partial charge on any atom is 0.134 e. The van der Waals surface area contributed by atoms with Crippen molar-refractivity contribution in [2.45, 2.75) is 33.4 Å². The van der Waals surface area contributed by atoms with Gasteiger partial charge in [0.25, 0.3) is 0 Å². The maximum absolute atomic E-state index is 6.26. The fourth-order valence-corrected chi connectivity index (χ4v) is 2.43. The van der Waals surface area contributed by atoms with Gasteiger partial charge in [0.15, 0.2) is 0 Å². The molecule has 1 unspecified atom stereocenters. The van der Waals surface area contributed by atoms with Gasteiger partial charge in [-0.2, -0.15) is 5.10 Å². The second-order valence-electron chi connectivity index (χ2n) is 5.27. The van der Waals surface area contributed by atoms with Crippen LogP contribution in [-0.2, 0) is 6.54 Å². The lowest BCUT2D eigenvalue weighted by atomic mass is 10.2. The monoisotopic (exact) mass is 269 g/mol. The molecule has 20 heavy (non-hydrogen) atoms. The first-order chi connectivity index (χ1) is 9.56. The number of fused-ring (bicyclic) bond motifs is 1. The van der Waals surface area contributed by atoms with Gasteiger partial charge in [-0.25, -0.2) is 0 Å². The summed E-state index contributed by atoms with van der Waals surface area (Å²) < 4.78 is 7.77. The molecule has 3 rings (SSSR count). The number of nitrogens with zero attached hydrogens (tertiary/aromatic N) is 2. The largest absolute Gasteiger partial charge is 0.459 e. The summed E-state index contributed by atoms with van der Waals surface area (Å²) in [6.45, 7) is 6.80. The Morgan fingerprint density at radius 3 is 2.65 bits per heavy atom. The highest BCUT2D eigenvalue weighted by atomic mass is 16.3. The average molecular weight is 269 g/mol. The zero-order valence-electron chi connectivity index (χ0n) is 12.1. The third kappa shape index (κ3) is 2.12. The van der Waals surface area contributed by atoms with Crippen molar-refractivity contribution in [2.24, 2.45) is 5.73 Å². The first kappa shape index (κ1) is 12.9. The Balaban J connectivity index is 1.88. The standard InChI is InChI=1S/C16H19N3O/c1-10-11(2)18-19(12(10)3)9-14(17)16-8-13-6-4-5-7-15(13)20-16/h4-8,14H,9,17H2,1-3H3. The minimum Gasteiger partial charge on any atom is -0.459 e. The van der Waals surface area contributed by atoms with Crippen molar-refractivity contribution in [1.29, 1.82) is 0 Å². The van der Waals surface area contributed by atoms with Gasteiger partial charge in [-0.15, -0.1) is 0 Å². The maximum atomic E-state index is 6.26. The van der Waals surface area contributed by atoms with E-state index in [0.717, 1.165) is 28.1 Å². The van der Waals surface area contributed by atoms with Crippen molar-refractivity contribution in [1.82, 2.24) is 9.78 Å². The van der Waals surface area contributed by atoms with E-state index in [9.17, 15) is 0 Å². The predicted octanol–water partition coefficient (Wildman–Crippen LogP) is 3.25. The van der Waals surface area contributed by atoms with E-state index in [1.54, 1.807) is 0 Å². The number of benzene rings is 1. The molecule has 4 nitrogen and oxygen atoms in total. The summed E-state index contributed by atoms with van der Waals surface area (Å²) in [7, 11) is 0. The number of para-hydroxylation sites is 1. The summed E-state index contributed by atoms with van der Waals surface area (Å²) >= 11 is 0. The highest BCUT2D eigenvalue weighted by Crippen LogP contribution is 2.24. The lowest BCUT2D eigenvalue weighted by Gasteiger charge is -2.10. The molecular weight excluding hydrogens is 250 g/mol. The number of furan rings is 1. The van der Waals surface area contributed by atoms with E-state index in [2.05, 4.69) is 18.9 Å². The van der Waals surface area contributed by atoms with E-state index in [0.29, 0.717) is 6.54 Å².